The van der Waals surface area contributed by atoms with Gasteiger partial charge in [0.2, 0.25) is 5.95 Å². The minimum atomic E-state index is 0.588. The van der Waals surface area contributed by atoms with E-state index in [-0.39, 0.29) is 0 Å². The van der Waals surface area contributed by atoms with Crippen LogP contribution in [0.15, 0.2) is 12.1 Å². The monoisotopic (exact) mass is 379 g/mol. The first-order valence-corrected chi connectivity index (χ1v) is 10.6. The van der Waals surface area contributed by atoms with Crippen molar-refractivity contribution in [3.8, 4) is 0 Å². The Morgan fingerprint density at radius 3 is 1.93 bits per heavy atom. The fourth-order valence-corrected chi connectivity index (χ4v) is 4.18. The molecule has 7 nitrogen and oxygen atoms in total. The van der Waals surface area contributed by atoms with Crippen LogP contribution in [0, 0.1) is 13.8 Å². The smallest absolute Gasteiger partial charge is 0.227 e. The molecule has 148 valence electrons. The summed E-state index contributed by atoms with van der Waals surface area (Å²) in [6.45, 7) is 10.1. The molecule has 0 atom stereocenters. The van der Waals surface area contributed by atoms with Gasteiger partial charge >= 0.3 is 0 Å². The van der Waals surface area contributed by atoms with E-state index in [4.69, 9.17) is 15.0 Å². The van der Waals surface area contributed by atoms with Crippen LogP contribution in [0.5, 0.6) is 0 Å². The Bertz CT molecular complexity index is 850. The summed E-state index contributed by atoms with van der Waals surface area (Å²) < 4.78 is 0. The predicted octanol–water partition coefficient (Wildman–Crippen LogP) is 2.69. The highest BCUT2D eigenvalue weighted by Crippen LogP contribution is 2.38. The van der Waals surface area contributed by atoms with Gasteiger partial charge in [-0.1, -0.05) is 0 Å². The molecule has 0 radical (unpaired) electrons. The van der Waals surface area contributed by atoms with Gasteiger partial charge in [0.05, 0.1) is 0 Å². The van der Waals surface area contributed by atoms with E-state index in [1.54, 1.807) is 0 Å². The zero-order valence-corrected chi connectivity index (χ0v) is 16.9. The average molecular weight is 380 g/mol. The van der Waals surface area contributed by atoms with Crippen molar-refractivity contribution in [2.24, 2.45) is 0 Å². The molecular weight excluding hydrogens is 350 g/mol. The number of piperazine rings is 1. The van der Waals surface area contributed by atoms with Gasteiger partial charge in [0, 0.05) is 68.7 Å². The molecule has 2 saturated heterocycles. The van der Waals surface area contributed by atoms with Gasteiger partial charge in [0.1, 0.15) is 17.5 Å². The second-order valence-corrected chi connectivity index (χ2v) is 8.34. The Kier molecular flexibility index (Phi) is 4.53. The molecule has 0 spiro atoms. The van der Waals surface area contributed by atoms with Gasteiger partial charge in [0.25, 0.3) is 0 Å². The molecule has 1 saturated carbocycles. The van der Waals surface area contributed by atoms with Crippen LogP contribution in [0.4, 0.5) is 17.6 Å². The van der Waals surface area contributed by atoms with Gasteiger partial charge in [-0.15, -0.1) is 0 Å². The molecule has 0 unspecified atom stereocenters. The van der Waals surface area contributed by atoms with Crippen molar-refractivity contribution < 1.29 is 0 Å². The minimum absolute atomic E-state index is 0.588. The maximum absolute atomic E-state index is 4.89. The third-order valence-electron chi connectivity index (χ3n) is 5.95. The zero-order valence-electron chi connectivity index (χ0n) is 16.9. The Balaban J connectivity index is 1.30. The third-order valence-corrected chi connectivity index (χ3v) is 5.95. The molecule has 2 aromatic heterocycles. The quantitative estimate of drug-likeness (QED) is 0.809. The highest BCUT2D eigenvalue weighted by atomic mass is 15.3. The molecular formula is C21H29N7. The molecule has 0 aromatic carbocycles. The molecule has 2 aliphatic heterocycles. The van der Waals surface area contributed by atoms with Crippen LogP contribution in [0.25, 0.3) is 0 Å². The van der Waals surface area contributed by atoms with E-state index in [0.29, 0.717) is 5.92 Å². The van der Waals surface area contributed by atoms with Gasteiger partial charge in [-0.05, 0) is 39.5 Å². The van der Waals surface area contributed by atoms with E-state index in [9.17, 15) is 0 Å². The largest absolute Gasteiger partial charge is 0.356 e. The Hall–Kier alpha value is -2.44. The van der Waals surface area contributed by atoms with Gasteiger partial charge in [-0.25, -0.2) is 15.0 Å². The molecule has 28 heavy (non-hydrogen) atoms. The second-order valence-electron chi connectivity index (χ2n) is 8.34. The lowest BCUT2D eigenvalue weighted by Crippen LogP contribution is -2.47. The van der Waals surface area contributed by atoms with E-state index < -0.39 is 0 Å². The number of anilines is 3. The van der Waals surface area contributed by atoms with Crippen LogP contribution in [0.3, 0.4) is 0 Å². The van der Waals surface area contributed by atoms with Crippen molar-refractivity contribution in [3.63, 3.8) is 0 Å². The van der Waals surface area contributed by atoms with Crippen LogP contribution in [-0.2, 0) is 0 Å². The number of aromatic nitrogens is 4. The summed E-state index contributed by atoms with van der Waals surface area (Å²) in [5.74, 6) is 4.67. The summed E-state index contributed by atoms with van der Waals surface area (Å²) in [6.07, 6.45) is 5.00. The van der Waals surface area contributed by atoms with Crippen LogP contribution in [-0.4, -0.2) is 59.2 Å². The second kappa shape index (κ2) is 7.18. The summed E-state index contributed by atoms with van der Waals surface area (Å²) in [4.78, 5) is 26.2. The third kappa shape index (κ3) is 3.62. The molecule has 2 aromatic rings. The number of nitrogens with zero attached hydrogens (tertiary/aromatic N) is 7. The molecule has 5 rings (SSSR count). The summed E-state index contributed by atoms with van der Waals surface area (Å²) in [6, 6.07) is 4.24. The molecule has 0 bridgehead atoms. The fourth-order valence-electron chi connectivity index (χ4n) is 4.18. The van der Waals surface area contributed by atoms with E-state index in [1.807, 2.05) is 0 Å². The van der Waals surface area contributed by atoms with Crippen LogP contribution >= 0.6 is 0 Å². The Morgan fingerprint density at radius 2 is 1.25 bits per heavy atom. The van der Waals surface area contributed by atoms with Crippen molar-refractivity contribution in [3.05, 3.63) is 29.3 Å². The van der Waals surface area contributed by atoms with Crippen molar-refractivity contribution in [1.29, 1.82) is 0 Å². The van der Waals surface area contributed by atoms with E-state index in [2.05, 4.69) is 45.7 Å². The van der Waals surface area contributed by atoms with Crippen molar-refractivity contribution >= 4 is 17.6 Å². The molecule has 1 aliphatic carbocycles. The zero-order chi connectivity index (χ0) is 19.1. The van der Waals surface area contributed by atoms with Crippen LogP contribution < -0.4 is 14.7 Å². The number of aryl methyl sites for hydroxylation is 2. The summed E-state index contributed by atoms with van der Waals surface area (Å²) in [7, 11) is 0. The van der Waals surface area contributed by atoms with Gasteiger partial charge < -0.3 is 14.7 Å². The summed E-state index contributed by atoms with van der Waals surface area (Å²) >= 11 is 0. The van der Waals surface area contributed by atoms with Gasteiger partial charge in [-0.2, -0.15) is 4.98 Å². The highest BCUT2D eigenvalue weighted by Gasteiger charge is 2.28. The molecule has 7 heteroatoms. The standard InChI is InChI=1S/C21H29N7/c1-15-13-18(24-20(22-15)17-5-6-17)27-9-11-28(12-10-27)21-23-16(2)14-19(25-21)26-7-3-4-8-26/h13-14,17H,3-12H2,1-2H3. The molecule has 0 N–H and O–H groups in total. The fraction of sp³-hybridized carbons (Fsp3) is 0.619. The number of rotatable bonds is 4. The Labute approximate surface area is 166 Å². The Morgan fingerprint density at radius 1 is 0.679 bits per heavy atom. The van der Waals surface area contributed by atoms with Gasteiger partial charge in [0.15, 0.2) is 0 Å². The molecule has 4 heterocycles. The predicted molar refractivity (Wildman–Crippen MR) is 111 cm³/mol. The first-order valence-electron chi connectivity index (χ1n) is 10.6. The maximum Gasteiger partial charge on any atom is 0.227 e. The maximum atomic E-state index is 4.89. The molecule has 0 amide bonds. The number of hydrogen-bond acceptors (Lipinski definition) is 7. The van der Waals surface area contributed by atoms with Crippen molar-refractivity contribution in [1.82, 2.24) is 19.9 Å². The van der Waals surface area contributed by atoms with Crippen LogP contribution in [0.2, 0.25) is 0 Å². The lowest BCUT2D eigenvalue weighted by atomic mass is 10.3. The molecule has 3 fully saturated rings. The van der Waals surface area contributed by atoms with E-state index in [0.717, 1.165) is 74.1 Å². The van der Waals surface area contributed by atoms with Gasteiger partial charge in [-0.3, -0.25) is 0 Å². The van der Waals surface area contributed by atoms with E-state index >= 15 is 0 Å². The first-order chi connectivity index (χ1) is 13.7. The normalized spacial score (nSPS) is 20.1. The first kappa shape index (κ1) is 17.6. The minimum Gasteiger partial charge on any atom is -0.356 e. The topological polar surface area (TPSA) is 61.3 Å². The highest BCUT2D eigenvalue weighted by molar-refractivity contribution is 5.48. The average Bonchev–Trinajstić information content (AvgIpc) is 3.41. The summed E-state index contributed by atoms with van der Waals surface area (Å²) in [5, 5.41) is 0. The lowest BCUT2D eigenvalue weighted by molar-refractivity contribution is 0.630. The SMILES string of the molecule is Cc1cc(N2CCN(c3nc(C)cc(N4CCCC4)n3)CC2)nc(C2CC2)n1. The van der Waals surface area contributed by atoms with Crippen LogP contribution in [0.1, 0.15) is 48.8 Å². The van der Waals surface area contributed by atoms with E-state index in [1.165, 1.54) is 25.7 Å². The van der Waals surface area contributed by atoms with Crippen molar-refractivity contribution in [2.75, 3.05) is 54.0 Å². The molecule has 3 aliphatic rings. The lowest BCUT2D eigenvalue weighted by Gasteiger charge is -2.36. The summed E-state index contributed by atoms with van der Waals surface area (Å²) in [5.41, 5.74) is 2.13. The van der Waals surface area contributed by atoms with Crippen molar-refractivity contribution in [2.45, 2.75) is 45.4 Å². The number of hydrogen-bond donors (Lipinski definition) is 0.